The lowest BCUT2D eigenvalue weighted by Gasteiger charge is -2.16. The molecule has 0 saturated carbocycles. The summed E-state index contributed by atoms with van der Waals surface area (Å²) in [5, 5.41) is 16.3. The van der Waals surface area contributed by atoms with Gasteiger partial charge in [-0.3, -0.25) is 5.43 Å². The van der Waals surface area contributed by atoms with Crippen LogP contribution in [0.2, 0.25) is 0 Å². The molecule has 5 rings (SSSR count). The molecule has 148 valence electrons. The van der Waals surface area contributed by atoms with Crippen LogP contribution in [0.25, 0.3) is 22.2 Å². The van der Waals surface area contributed by atoms with Crippen LogP contribution in [0.5, 0.6) is 0 Å². The third-order valence-corrected chi connectivity index (χ3v) is 4.76. The fourth-order valence-corrected chi connectivity index (χ4v) is 3.21. The largest absolute Gasteiger partial charge is 0.361 e. The molecule has 1 atom stereocenters. The summed E-state index contributed by atoms with van der Waals surface area (Å²) < 4.78 is 4.75. The standard InChI is InChI=1S/C21H18N8O/c1-13(14-7-3-2-4-8-14)24-18-19(26-21-20(25-18)28-30-29-21)27-23-12-15-11-22-17-10-6-5-9-16(15)17/h2-13,22H,1H3,(H,24,25,28)(H,26,27,29)/b23-12-/t13-/m1/s1. The van der Waals surface area contributed by atoms with E-state index in [-0.39, 0.29) is 6.04 Å². The predicted octanol–water partition coefficient (Wildman–Crippen LogP) is 4.11. The van der Waals surface area contributed by atoms with Crippen LogP contribution in [0.1, 0.15) is 24.1 Å². The lowest BCUT2D eigenvalue weighted by atomic mass is 10.1. The van der Waals surface area contributed by atoms with Gasteiger partial charge in [-0.2, -0.15) is 10.1 Å². The Hall–Kier alpha value is -4.27. The highest BCUT2D eigenvalue weighted by atomic mass is 16.6. The molecule has 9 nitrogen and oxygen atoms in total. The van der Waals surface area contributed by atoms with E-state index in [1.54, 1.807) is 6.21 Å². The van der Waals surface area contributed by atoms with Gasteiger partial charge in [0, 0.05) is 22.7 Å². The lowest BCUT2D eigenvalue weighted by Crippen LogP contribution is -2.11. The van der Waals surface area contributed by atoms with Crippen LogP contribution in [0.15, 0.2) is 70.5 Å². The Bertz CT molecular complexity index is 1320. The Kier molecular flexibility index (Phi) is 4.53. The van der Waals surface area contributed by atoms with Crippen molar-refractivity contribution in [1.29, 1.82) is 0 Å². The first-order valence-electron chi connectivity index (χ1n) is 9.45. The Morgan fingerprint density at radius 2 is 1.70 bits per heavy atom. The molecule has 0 aliphatic rings. The van der Waals surface area contributed by atoms with Gasteiger partial charge >= 0.3 is 0 Å². The summed E-state index contributed by atoms with van der Waals surface area (Å²) in [6, 6.07) is 18.1. The Morgan fingerprint density at radius 3 is 2.53 bits per heavy atom. The average Bonchev–Trinajstić information content (AvgIpc) is 3.41. The zero-order chi connectivity index (χ0) is 20.3. The van der Waals surface area contributed by atoms with Gasteiger partial charge in [0.1, 0.15) is 0 Å². The Morgan fingerprint density at radius 1 is 0.967 bits per heavy atom. The number of nitrogens with one attached hydrogen (secondary N) is 3. The first kappa shape index (κ1) is 17.8. The maximum absolute atomic E-state index is 4.75. The molecule has 5 aromatic rings. The number of H-pyrrole nitrogens is 1. The van der Waals surface area contributed by atoms with Gasteiger partial charge in [0.15, 0.2) is 11.6 Å². The first-order valence-corrected chi connectivity index (χ1v) is 9.45. The molecule has 0 fully saturated rings. The second-order valence-electron chi connectivity index (χ2n) is 6.77. The summed E-state index contributed by atoms with van der Waals surface area (Å²) in [6.45, 7) is 2.04. The number of aromatic amines is 1. The van der Waals surface area contributed by atoms with Gasteiger partial charge in [-0.1, -0.05) is 48.5 Å². The molecule has 0 aliphatic heterocycles. The van der Waals surface area contributed by atoms with Gasteiger partial charge < -0.3 is 10.3 Å². The van der Waals surface area contributed by atoms with Crippen molar-refractivity contribution >= 4 is 40.0 Å². The van der Waals surface area contributed by atoms with Crippen LogP contribution in [0.3, 0.4) is 0 Å². The highest BCUT2D eigenvalue weighted by Crippen LogP contribution is 2.25. The van der Waals surface area contributed by atoms with Crippen LogP contribution >= 0.6 is 0 Å². The smallest absolute Gasteiger partial charge is 0.245 e. The molecular weight excluding hydrogens is 380 g/mol. The zero-order valence-electron chi connectivity index (χ0n) is 16.1. The highest BCUT2D eigenvalue weighted by Gasteiger charge is 2.15. The van der Waals surface area contributed by atoms with Crippen LogP contribution in [0, 0.1) is 0 Å². The molecule has 3 N–H and O–H groups in total. The van der Waals surface area contributed by atoms with Crippen molar-refractivity contribution in [2.24, 2.45) is 5.10 Å². The van der Waals surface area contributed by atoms with E-state index in [0.29, 0.717) is 22.9 Å². The number of para-hydroxylation sites is 1. The average molecular weight is 398 g/mol. The quantitative estimate of drug-likeness (QED) is 0.291. The number of anilines is 2. The van der Waals surface area contributed by atoms with Gasteiger partial charge in [-0.15, -0.1) is 0 Å². The van der Waals surface area contributed by atoms with Crippen LogP contribution in [0.4, 0.5) is 11.6 Å². The summed E-state index contributed by atoms with van der Waals surface area (Å²) in [4.78, 5) is 12.1. The molecule has 30 heavy (non-hydrogen) atoms. The summed E-state index contributed by atoms with van der Waals surface area (Å²) in [7, 11) is 0. The third kappa shape index (κ3) is 3.44. The number of aromatic nitrogens is 5. The van der Waals surface area contributed by atoms with Gasteiger partial charge in [0.05, 0.1) is 12.3 Å². The van der Waals surface area contributed by atoms with E-state index >= 15 is 0 Å². The molecule has 9 heteroatoms. The van der Waals surface area contributed by atoms with Crippen molar-refractivity contribution < 1.29 is 4.63 Å². The molecule has 0 bridgehead atoms. The maximum atomic E-state index is 4.75. The molecule has 3 heterocycles. The Labute approximate surface area is 171 Å². The molecule has 0 radical (unpaired) electrons. The van der Waals surface area contributed by atoms with E-state index in [2.05, 4.69) is 41.1 Å². The van der Waals surface area contributed by atoms with Gasteiger partial charge in [0.25, 0.3) is 0 Å². The summed E-state index contributed by atoms with van der Waals surface area (Å²) >= 11 is 0. The van der Waals surface area contributed by atoms with E-state index in [1.807, 2.05) is 67.7 Å². The van der Waals surface area contributed by atoms with E-state index in [4.69, 9.17) is 4.63 Å². The van der Waals surface area contributed by atoms with Gasteiger partial charge in [0.2, 0.25) is 11.3 Å². The van der Waals surface area contributed by atoms with Gasteiger partial charge in [-0.25, -0.2) is 9.61 Å². The number of hydrazone groups is 1. The van der Waals surface area contributed by atoms with E-state index in [0.717, 1.165) is 22.0 Å². The van der Waals surface area contributed by atoms with E-state index in [9.17, 15) is 0 Å². The summed E-state index contributed by atoms with van der Waals surface area (Å²) in [5.41, 5.74) is 6.72. The topological polar surface area (TPSA) is 117 Å². The number of rotatable bonds is 6. The number of hydrogen-bond donors (Lipinski definition) is 3. The number of benzene rings is 2. The highest BCUT2D eigenvalue weighted by molar-refractivity contribution is 5.99. The number of fused-ring (bicyclic) bond motifs is 2. The molecule has 0 saturated heterocycles. The van der Waals surface area contributed by atoms with Crippen LogP contribution < -0.4 is 10.7 Å². The Balaban J connectivity index is 1.43. The molecule has 2 aromatic carbocycles. The van der Waals surface area contributed by atoms with Crippen LogP contribution in [-0.4, -0.2) is 31.5 Å². The van der Waals surface area contributed by atoms with Crippen molar-refractivity contribution in [3.05, 3.63) is 71.9 Å². The third-order valence-electron chi connectivity index (χ3n) is 4.76. The lowest BCUT2D eigenvalue weighted by molar-refractivity contribution is 0.314. The SMILES string of the molecule is C[C@@H](Nc1nc2nonc2nc1N/N=C\c1c[nH]c2ccccc12)c1ccccc1. The van der Waals surface area contributed by atoms with Crippen LogP contribution in [-0.2, 0) is 0 Å². The monoisotopic (exact) mass is 398 g/mol. The minimum atomic E-state index is -0.00374. The van der Waals surface area contributed by atoms with Crippen molar-refractivity contribution in [2.75, 3.05) is 10.7 Å². The fraction of sp³-hybridized carbons (Fsp3) is 0.0952. The fourth-order valence-electron chi connectivity index (χ4n) is 3.21. The van der Waals surface area contributed by atoms with Crippen molar-refractivity contribution in [3.8, 4) is 0 Å². The second kappa shape index (κ2) is 7.63. The zero-order valence-corrected chi connectivity index (χ0v) is 16.1. The van der Waals surface area contributed by atoms with Crippen molar-refractivity contribution in [3.63, 3.8) is 0 Å². The molecule has 0 aliphatic carbocycles. The predicted molar refractivity (Wildman–Crippen MR) is 115 cm³/mol. The van der Waals surface area contributed by atoms with Gasteiger partial charge in [-0.05, 0) is 28.9 Å². The van der Waals surface area contributed by atoms with E-state index in [1.165, 1.54) is 0 Å². The molecule has 3 aromatic heterocycles. The summed E-state index contributed by atoms with van der Waals surface area (Å²) in [6.07, 6.45) is 3.64. The number of nitrogens with zero attached hydrogens (tertiary/aromatic N) is 5. The van der Waals surface area contributed by atoms with Crippen molar-refractivity contribution in [2.45, 2.75) is 13.0 Å². The second-order valence-corrected chi connectivity index (χ2v) is 6.77. The number of hydrogen-bond acceptors (Lipinski definition) is 8. The molecule has 0 spiro atoms. The maximum Gasteiger partial charge on any atom is 0.245 e. The first-order chi connectivity index (χ1) is 14.8. The molecule has 0 unspecified atom stereocenters. The van der Waals surface area contributed by atoms with E-state index < -0.39 is 0 Å². The van der Waals surface area contributed by atoms with Crippen molar-refractivity contribution in [1.82, 2.24) is 25.3 Å². The molecule has 0 amide bonds. The summed E-state index contributed by atoms with van der Waals surface area (Å²) in [5.74, 6) is 0.933. The minimum Gasteiger partial charge on any atom is -0.361 e. The minimum absolute atomic E-state index is 0.00374. The molecular formula is C21H18N8O. The normalized spacial score (nSPS) is 12.6.